The molecule has 10 heteroatoms. The van der Waals surface area contributed by atoms with E-state index in [1.54, 1.807) is 5.32 Å². The van der Waals surface area contributed by atoms with Crippen molar-refractivity contribution >= 4 is 21.6 Å². The Morgan fingerprint density at radius 1 is 0.960 bits per heavy atom. The number of anilines is 1. The number of benzene rings is 2. The highest BCUT2D eigenvalue weighted by molar-refractivity contribution is 7.92. The number of nitrogens with one attached hydrogen (secondary N) is 2. The first-order valence-corrected chi connectivity index (χ1v) is 8.28. The maximum Gasteiger partial charge on any atom is 0.405 e. The van der Waals surface area contributed by atoms with E-state index in [0.717, 1.165) is 24.3 Å². The number of carbonyl (C=O) groups excluding carboxylic acids is 1. The van der Waals surface area contributed by atoms with Crippen LogP contribution >= 0.6 is 0 Å². The lowest BCUT2D eigenvalue weighted by molar-refractivity contribution is -0.123. The summed E-state index contributed by atoms with van der Waals surface area (Å²) in [5.74, 6) is -1.53. The van der Waals surface area contributed by atoms with Gasteiger partial charge in [0.2, 0.25) is 0 Å². The molecule has 1 amide bonds. The van der Waals surface area contributed by atoms with Gasteiger partial charge < -0.3 is 5.32 Å². The van der Waals surface area contributed by atoms with Crippen molar-refractivity contribution in [3.05, 3.63) is 59.9 Å². The fourth-order valence-electron chi connectivity index (χ4n) is 1.80. The molecule has 0 unspecified atom stereocenters. The topological polar surface area (TPSA) is 75.3 Å². The van der Waals surface area contributed by atoms with E-state index in [0.29, 0.717) is 0 Å². The second kappa shape index (κ2) is 7.09. The molecule has 0 atom stereocenters. The van der Waals surface area contributed by atoms with Gasteiger partial charge in [0, 0.05) is 11.3 Å². The van der Waals surface area contributed by atoms with E-state index in [9.17, 15) is 30.8 Å². The molecule has 0 saturated carbocycles. The molecule has 2 aromatic carbocycles. The lowest BCUT2D eigenvalue weighted by atomic mass is 10.2. The highest BCUT2D eigenvalue weighted by atomic mass is 32.2. The molecule has 0 bridgehead atoms. The summed E-state index contributed by atoms with van der Waals surface area (Å²) in [6, 6.07) is 8.94. The van der Waals surface area contributed by atoms with Crippen LogP contribution < -0.4 is 10.0 Å². The third-order valence-corrected chi connectivity index (χ3v) is 4.37. The minimum Gasteiger partial charge on any atom is -0.343 e. The van der Waals surface area contributed by atoms with Gasteiger partial charge in [-0.15, -0.1) is 0 Å². The SMILES string of the molecule is O=C(NCC(F)(F)F)c1ccc(NS(=O)(=O)c2ccc(F)cc2)cc1. The summed E-state index contributed by atoms with van der Waals surface area (Å²) < 4.78 is 75.4. The first-order chi connectivity index (χ1) is 11.6. The van der Waals surface area contributed by atoms with Crippen LogP contribution in [0.2, 0.25) is 0 Å². The smallest absolute Gasteiger partial charge is 0.343 e. The van der Waals surface area contributed by atoms with Crippen molar-refractivity contribution in [2.24, 2.45) is 0 Å². The molecule has 0 heterocycles. The summed E-state index contributed by atoms with van der Waals surface area (Å²) >= 11 is 0. The number of hydrogen-bond donors (Lipinski definition) is 2. The van der Waals surface area contributed by atoms with Gasteiger partial charge >= 0.3 is 6.18 Å². The van der Waals surface area contributed by atoms with Crippen LogP contribution in [0, 0.1) is 5.82 Å². The van der Waals surface area contributed by atoms with E-state index >= 15 is 0 Å². The fraction of sp³-hybridized carbons (Fsp3) is 0.133. The number of hydrogen-bond acceptors (Lipinski definition) is 3. The molecule has 2 N–H and O–H groups in total. The zero-order valence-corrected chi connectivity index (χ0v) is 13.3. The van der Waals surface area contributed by atoms with E-state index < -0.39 is 34.5 Å². The molecule has 0 fully saturated rings. The number of halogens is 4. The zero-order valence-electron chi connectivity index (χ0n) is 12.5. The van der Waals surface area contributed by atoms with Gasteiger partial charge in [-0.3, -0.25) is 9.52 Å². The Hall–Kier alpha value is -2.62. The van der Waals surface area contributed by atoms with Gasteiger partial charge in [-0.25, -0.2) is 12.8 Å². The second-order valence-electron chi connectivity index (χ2n) is 4.93. The van der Waals surface area contributed by atoms with E-state index in [4.69, 9.17) is 0 Å². The van der Waals surface area contributed by atoms with Crippen LogP contribution in [0.4, 0.5) is 23.2 Å². The van der Waals surface area contributed by atoms with Gasteiger partial charge in [0.25, 0.3) is 15.9 Å². The maximum atomic E-state index is 12.8. The highest BCUT2D eigenvalue weighted by Crippen LogP contribution is 2.17. The Morgan fingerprint density at radius 2 is 1.52 bits per heavy atom. The van der Waals surface area contributed by atoms with E-state index in [1.807, 2.05) is 0 Å². The van der Waals surface area contributed by atoms with Gasteiger partial charge in [-0.2, -0.15) is 13.2 Å². The summed E-state index contributed by atoms with van der Waals surface area (Å²) in [6.45, 7) is -1.47. The van der Waals surface area contributed by atoms with Gasteiger partial charge in [0.05, 0.1) is 4.90 Å². The molecule has 25 heavy (non-hydrogen) atoms. The Morgan fingerprint density at radius 3 is 2.04 bits per heavy atom. The maximum absolute atomic E-state index is 12.8. The fourth-order valence-corrected chi connectivity index (χ4v) is 2.86. The number of carbonyl (C=O) groups is 1. The molecule has 2 aromatic rings. The molecule has 0 aliphatic carbocycles. The van der Waals surface area contributed by atoms with Crippen LogP contribution in [0.5, 0.6) is 0 Å². The van der Waals surface area contributed by atoms with E-state index in [-0.39, 0.29) is 16.1 Å². The van der Waals surface area contributed by atoms with Gasteiger partial charge in [-0.1, -0.05) is 0 Å². The monoisotopic (exact) mass is 376 g/mol. The molecule has 2 rings (SSSR count). The Bertz CT molecular complexity index is 848. The van der Waals surface area contributed by atoms with Gasteiger partial charge in [0.1, 0.15) is 12.4 Å². The molecular weight excluding hydrogens is 364 g/mol. The number of amides is 1. The van der Waals surface area contributed by atoms with Crippen LogP contribution in [0.3, 0.4) is 0 Å². The highest BCUT2D eigenvalue weighted by Gasteiger charge is 2.27. The molecule has 0 radical (unpaired) electrons. The quantitative estimate of drug-likeness (QED) is 0.788. The molecule has 0 aromatic heterocycles. The summed E-state index contributed by atoms with van der Waals surface area (Å²) in [4.78, 5) is 11.4. The van der Waals surface area contributed by atoms with Crippen molar-refractivity contribution in [2.45, 2.75) is 11.1 Å². The van der Waals surface area contributed by atoms with Crippen molar-refractivity contribution in [3.63, 3.8) is 0 Å². The molecule has 5 nitrogen and oxygen atoms in total. The summed E-state index contributed by atoms with van der Waals surface area (Å²) in [6.07, 6.45) is -4.53. The van der Waals surface area contributed by atoms with Gasteiger partial charge in [0.15, 0.2) is 0 Å². The predicted octanol–water partition coefficient (Wildman–Crippen LogP) is 2.92. The molecule has 0 spiro atoms. The zero-order chi connectivity index (χ0) is 18.7. The van der Waals surface area contributed by atoms with Crippen LogP contribution in [0.25, 0.3) is 0 Å². The molecule has 0 saturated heterocycles. The standard InChI is InChI=1S/C15H12F4N2O3S/c16-11-3-7-13(8-4-11)25(23,24)21-12-5-1-10(2-6-12)14(22)20-9-15(17,18)19/h1-8,21H,9H2,(H,20,22). The van der Waals surface area contributed by atoms with Crippen LogP contribution in [0.15, 0.2) is 53.4 Å². The van der Waals surface area contributed by atoms with Crippen LogP contribution in [-0.4, -0.2) is 27.0 Å². The minimum atomic E-state index is -4.53. The lowest BCUT2D eigenvalue weighted by Gasteiger charge is -2.10. The molecule has 0 aliphatic rings. The predicted molar refractivity (Wildman–Crippen MR) is 82.0 cm³/mol. The number of sulfonamides is 1. The number of rotatable bonds is 5. The van der Waals surface area contributed by atoms with Gasteiger partial charge in [-0.05, 0) is 48.5 Å². The summed E-state index contributed by atoms with van der Waals surface area (Å²) in [7, 11) is -3.96. The van der Waals surface area contributed by atoms with Crippen molar-refractivity contribution in [2.75, 3.05) is 11.3 Å². The Kier molecular flexibility index (Phi) is 5.31. The van der Waals surface area contributed by atoms with E-state index in [1.165, 1.54) is 24.3 Å². The van der Waals surface area contributed by atoms with Crippen molar-refractivity contribution in [1.82, 2.24) is 5.32 Å². The molecule has 0 aliphatic heterocycles. The first-order valence-electron chi connectivity index (χ1n) is 6.80. The Balaban J connectivity index is 2.07. The normalized spacial score (nSPS) is 11.8. The number of alkyl halides is 3. The van der Waals surface area contributed by atoms with Crippen molar-refractivity contribution < 1.29 is 30.8 Å². The minimum absolute atomic E-state index is 0.0611. The third-order valence-electron chi connectivity index (χ3n) is 2.97. The van der Waals surface area contributed by atoms with Crippen LogP contribution in [0.1, 0.15) is 10.4 Å². The lowest BCUT2D eigenvalue weighted by Crippen LogP contribution is -2.33. The summed E-state index contributed by atoms with van der Waals surface area (Å²) in [5, 5.41) is 1.70. The molecule has 134 valence electrons. The second-order valence-corrected chi connectivity index (χ2v) is 6.62. The van der Waals surface area contributed by atoms with Crippen molar-refractivity contribution in [3.8, 4) is 0 Å². The largest absolute Gasteiger partial charge is 0.405 e. The third kappa shape index (κ3) is 5.45. The summed E-state index contributed by atoms with van der Waals surface area (Å²) in [5.41, 5.74) is 0.0330. The van der Waals surface area contributed by atoms with Crippen molar-refractivity contribution in [1.29, 1.82) is 0 Å². The first kappa shape index (κ1) is 18.7. The average molecular weight is 376 g/mol. The van der Waals surface area contributed by atoms with Crippen LogP contribution in [-0.2, 0) is 10.0 Å². The van der Waals surface area contributed by atoms with E-state index in [2.05, 4.69) is 4.72 Å². The molecular formula is C15H12F4N2O3S. The Labute approximate surface area is 140 Å². The average Bonchev–Trinajstić information content (AvgIpc) is 2.52.